The maximum absolute atomic E-state index is 12.4. The Balaban J connectivity index is 1.88. The Bertz CT molecular complexity index is 876. The van der Waals surface area contributed by atoms with Crippen molar-refractivity contribution in [1.82, 2.24) is 5.32 Å². The summed E-state index contributed by atoms with van der Waals surface area (Å²) in [6.45, 7) is 15.1. The van der Waals surface area contributed by atoms with Crippen molar-refractivity contribution < 1.29 is 14.9 Å². The van der Waals surface area contributed by atoms with Gasteiger partial charge >= 0.3 is 0 Å². The second kappa shape index (κ2) is 10.6. The van der Waals surface area contributed by atoms with Crippen LogP contribution < -0.4 is 16.0 Å². The van der Waals surface area contributed by atoms with Crippen molar-refractivity contribution in [3.63, 3.8) is 0 Å². The van der Waals surface area contributed by atoms with E-state index in [0.717, 1.165) is 16.8 Å². The molecule has 31 heavy (non-hydrogen) atoms. The predicted octanol–water partition coefficient (Wildman–Crippen LogP) is 3.62. The number of quaternary nitrogens is 1. The molecule has 2 amide bonds. The maximum atomic E-state index is 12.4. The molecule has 0 heterocycles. The van der Waals surface area contributed by atoms with E-state index in [1.54, 1.807) is 0 Å². The molecule has 2 aromatic rings. The molecule has 0 aliphatic rings. The lowest BCUT2D eigenvalue weighted by molar-refractivity contribution is -0.692. The van der Waals surface area contributed by atoms with Gasteiger partial charge in [-0.25, -0.2) is 0 Å². The van der Waals surface area contributed by atoms with Crippen LogP contribution in [-0.4, -0.2) is 24.9 Å². The summed E-state index contributed by atoms with van der Waals surface area (Å²) in [6.07, 6.45) is 0. The summed E-state index contributed by atoms with van der Waals surface area (Å²) >= 11 is 0. The highest BCUT2D eigenvalue weighted by Crippen LogP contribution is 2.25. The average Bonchev–Trinajstić information content (AvgIpc) is 2.69. The summed E-state index contributed by atoms with van der Waals surface area (Å²) in [6, 6.07) is 14.7. The number of rotatable bonds is 8. The van der Waals surface area contributed by atoms with Crippen molar-refractivity contribution in [3.8, 4) is 0 Å². The normalized spacial score (nSPS) is 12.5. The van der Waals surface area contributed by atoms with Gasteiger partial charge in [-0.1, -0.05) is 77.1 Å². The highest BCUT2D eigenvalue weighted by molar-refractivity contribution is 5.95. The standard InChI is InChI=1S/C26H37N3O2/c1-17(2)24(20-11-13-21(14-12-20)26(5,6)7)28-15-22(30)27-16-23(31)29-25-18(3)9-8-10-19(25)4/h8-14,17,24,28H,15-16H2,1-7H3,(H,27,30)(H,29,31)/p+1/t24-/m0/s1. The third kappa shape index (κ3) is 7.21. The Hall–Kier alpha value is -2.66. The molecule has 0 spiro atoms. The van der Waals surface area contributed by atoms with Crippen LogP contribution in [0.5, 0.6) is 0 Å². The molecule has 168 valence electrons. The van der Waals surface area contributed by atoms with Crippen molar-refractivity contribution in [3.05, 3.63) is 64.7 Å². The van der Waals surface area contributed by atoms with Gasteiger partial charge in [0.1, 0.15) is 6.04 Å². The van der Waals surface area contributed by atoms with Gasteiger partial charge in [-0.05, 0) is 36.0 Å². The number of anilines is 1. The minimum absolute atomic E-state index is 0.0347. The molecule has 2 rings (SSSR count). The molecule has 0 fully saturated rings. The fourth-order valence-corrected chi connectivity index (χ4v) is 3.68. The molecule has 0 radical (unpaired) electrons. The molecule has 2 aromatic carbocycles. The van der Waals surface area contributed by atoms with Gasteiger partial charge in [-0.15, -0.1) is 0 Å². The number of hydrogen-bond acceptors (Lipinski definition) is 2. The van der Waals surface area contributed by atoms with E-state index in [1.165, 1.54) is 11.1 Å². The fourth-order valence-electron chi connectivity index (χ4n) is 3.68. The third-order valence-corrected chi connectivity index (χ3v) is 5.63. The number of nitrogens with one attached hydrogen (secondary N) is 2. The third-order valence-electron chi connectivity index (χ3n) is 5.63. The van der Waals surface area contributed by atoms with Gasteiger partial charge in [-0.3, -0.25) is 9.59 Å². The molecule has 0 aliphatic heterocycles. The summed E-state index contributed by atoms with van der Waals surface area (Å²) in [5.41, 5.74) is 5.45. The van der Waals surface area contributed by atoms with E-state index in [2.05, 4.69) is 74.8 Å². The number of carbonyl (C=O) groups is 2. The van der Waals surface area contributed by atoms with Gasteiger partial charge in [0.2, 0.25) is 5.91 Å². The molecule has 1 atom stereocenters. The summed E-state index contributed by atoms with van der Waals surface area (Å²) in [5, 5.41) is 7.68. The highest BCUT2D eigenvalue weighted by Gasteiger charge is 2.22. The first kappa shape index (κ1) is 24.6. The summed E-state index contributed by atoms with van der Waals surface area (Å²) in [7, 11) is 0. The zero-order valence-corrected chi connectivity index (χ0v) is 20.0. The van der Waals surface area contributed by atoms with Crippen LogP contribution in [0, 0.1) is 19.8 Å². The molecule has 0 bridgehead atoms. The number of carbonyl (C=O) groups excluding carboxylic acids is 2. The Labute approximate surface area is 187 Å². The Morgan fingerprint density at radius 1 is 0.935 bits per heavy atom. The van der Waals surface area contributed by atoms with Crippen LogP contribution >= 0.6 is 0 Å². The topological polar surface area (TPSA) is 74.8 Å². The number of para-hydroxylation sites is 1. The van der Waals surface area contributed by atoms with Gasteiger partial charge in [-0.2, -0.15) is 0 Å². The second-order valence-electron chi connectivity index (χ2n) is 9.67. The molecule has 0 saturated heterocycles. The minimum atomic E-state index is -0.219. The molecular formula is C26H38N3O2+. The number of hydrogen-bond donors (Lipinski definition) is 3. The second-order valence-corrected chi connectivity index (χ2v) is 9.67. The van der Waals surface area contributed by atoms with Gasteiger partial charge in [0.25, 0.3) is 5.91 Å². The van der Waals surface area contributed by atoms with Crippen molar-refractivity contribution in [2.75, 3.05) is 18.4 Å². The van der Waals surface area contributed by atoms with E-state index >= 15 is 0 Å². The van der Waals surface area contributed by atoms with Crippen LogP contribution in [0.4, 0.5) is 5.69 Å². The van der Waals surface area contributed by atoms with E-state index < -0.39 is 0 Å². The zero-order valence-electron chi connectivity index (χ0n) is 20.0. The van der Waals surface area contributed by atoms with Gasteiger partial charge in [0, 0.05) is 17.2 Å². The maximum Gasteiger partial charge on any atom is 0.275 e. The Morgan fingerprint density at radius 2 is 1.52 bits per heavy atom. The first-order valence-corrected chi connectivity index (χ1v) is 11.1. The largest absolute Gasteiger partial charge is 0.342 e. The molecule has 0 aromatic heterocycles. The number of amides is 2. The monoisotopic (exact) mass is 424 g/mol. The lowest BCUT2D eigenvalue weighted by Crippen LogP contribution is -2.88. The van der Waals surface area contributed by atoms with Crippen LogP contribution in [0.2, 0.25) is 0 Å². The van der Waals surface area contributed by atoms with Crippen LogP contribution in [-0.2, 0) is 15.0 Å². The SMILES string of the molecule is Cc1cccc(C)c1NC(=O)CNC(=O)C[NH2+][C@H](c1ccc(C(C)(C)C)cc1)C(C)C. The first-order chi connectivity index (χ1) is 14.5. The lowest BCUT2D eigenvalue weighted by atomic mass is 9.85. The molecule has 5 nitrogen and oxygen atoms in total. The Kier molecular flexibility index (Phi) is 8.40. The minimum Gasteiger partial charge on any atom is -0.342 e. The van der Waals surface area contributed by atoms with Crippen LogP contribution in [0.25, 0.3) is 0 Å². The smallest absolute Gasteiger partial charge is 0.275 e. The number of nitrogens with two attached hydrogens (primary N) is 1. The highest BCUT2D eigenvalue weighted by atomic mass is 16.2. The van der Waals surface area contributed by atoms with Crippen molar-refractivity contribution in [2.24, 2.45) is 5.92 Å². The van der Waals surface area contributed by atoms with E-state index in [9.17, 15) is 9.59 Å². The quantitative estimate of drug-likeness (QED) is 0.605. The van der Waals surface area contributed by atoms with Gasteiger partial charge < -0.3 is 16.0 Å². The Morgan fingerprint density at radius 3 is 2.03 bits per heavy atom. The van der Waals surface area contributed by atoms with Crippen LogP contribution in [0.3, 0.4) is 0 Å². The van der Waals surface area contributed by atoms with Crippen LogP contribution in [0.15, 0.2) is 42.5 Å². The molecule has 0 unspecified atom stereocenters. The number of benzene rings is 2. The molecular weight excluding hydrogens is 386 g/mol. The zero-order chi connectivity index (χ0) is 23.2. The first-order valence-electron chi connectivity index (χ1n) is 11.1. The van der Waals surface area contributed by atoms with E-state index in [-0.39, 0.29) is 36.4 Å². The van der Waals surface area contributed by atoms with E-state index in [1.807, 2.05) is 32.0 Å². The van der Waals surface area contributed by atoms with Crippen molar-refractivity contribution in [1.29, 1.82) is 0 Å². The van der Waals surface area contributed by atoms with Crippen LogP contribution in [0.1, 0.15) is 62.9 Å². The summed E-state index contributed by atoms with van der Waals surface area (Å²) in [4.78, 5) is 24.6. The van der Waals surface area contributed by atoms with E-state index in [0.29, 0.717) is 5.92 Å². The summed E-state index contributed by atoms with van der Waals surface area (Å²) in [5.74, 6) is 0.0122. The summed E-state index contributed by atoms with van der Waals surface area (Å²) < 4.78 is 0. The predicted molar refractivity (Wildman–Crippen MR) is 127 cm³/mol. The van der Waals surface area contributed by atoms with Crippen molar-refractivity contribution in [2.45, 2.75) is 59.9 Å². The molecule has 0 aliphatic carbocycles. The van der Waals surface area contributed by atoms with E-state index in [4.69, 9.17) is 0 Å². The number of aryl methyl sites for hydroxylation is 2. The van der Waals surface area contributed by atoms with Gasteiger partial charge in [0.05, 0.1) is 6.54 Å². The van der Waals surface area contributed by atoms with Crippen molar-refractivity contribution >= 4 is 17.5 Å². The lowest BCUT2D eigenvalue weighted by Gasteiger charge is -2.22. The average molecular weight is 425 g/mol. The van der Waals surface area contributed by atoms with Gasteiger partial charge in [0.15, 0.2) is 6.54 Å². The molecule has 5 heteroatoms. The molecule has 4 N–H and O–H groups in total. The molecule has 0 saturated carbocycles. The fraction of sp³-hybridized carbons (Fsp3) is 0.462.